The van der Waals surface area contributed by atoms with Gasteiger partial charge in [-0.05, 0) is 36.4 Å². The first-order chi connectivity index (χ1) is 14.6. The van der Waals surface area contributed by atoms with Gasteiger partial charge in [0.05, 0.1) is 22.5 Å². The zero-order chi connectivity index (χ0) is 20.7. The summed E-state index contributed by atoms with van der Waals surface area (Å²) < 4.78 is 13.9. The van der Waals surface area contributed by atoms with Crippen molar-refractivity contribution in [1.29, 1.82) is 0 Å². The molecule has 0 aliphatic carbocycles. The zero-order valence-corrected chi connectivity index (χ0v) is 16.0. The molecule has 1 fully saturated rings. The van der Waals surface area contributed by atoms with E-state index in [4.69, 9.17) is 10.7 Å². The van der Waals surface area contributed by atoms with Crippen LogP contribution in [0.2, 0.25) is 0 Å². The highest BCUT2D eigenvalue weighted by Gasteiger charge is 2.32. The van der Waals surface area contributed by atoms with E-state index in [1.165, 1.54) is 12.1 Å². The molecule has 2 N–H and O–H groups in total. The largest absolute Gasteiger partial charge is 0.366 e. The van der Waals surface area contributed by atoms with E-state index in [1.54, 1.807) is 18.5 Å². The highest BCUT2D eigenvalue weighted by Crippen LogP contribution is 2.35. The summed E-state index contributed by atoms with van der Waals surface area (Å²) in [5, 5.41) is 1.11. The van der Waals surface area contributed by atoms with E-state index in [2.05, 4.69) is 20.9 Å². The number of pyridine rings is 1. The van der Waals surface area contributed by atoms with Crippen LogP contribution in [-0.2, 0) is 0 Å². The van der Waals surface area contributed by atoms with Gasteiger partial charge < -0.3 is 10.6 Å². The molecule has 6 nitrogen and oxygen atoms in total. The maximum absolute atomic E-state index is 13.9. The van der Waals surface area contributed by atoms with Crippen LogP contribution in [0.1, 0.15) is 22.0 Å². The molecule has 0 radical (unpaired) electrons. The van der Waals surface area contributed by atoms with Gasteiger partial charge in [-0.2, -0.15) is 0 Å². The van der Waals surface area contributed by atoms with Crippen LogP contribution in [0, 0.1) is 5.82 Å². The molecular formula is C23H18FN5O. The number of aromatic nitrogens is 3. The molecule has 4 aromatic rings. The molecule has 2 aromatic heterocycles. The molecule has 1 amide bonds. The Morgan fingerprint density at radius 2 is 1.83 bits per heavy atom. The molecule has 1 aliphatic rings. The summed E-state index contributed by atoms with van der Waals surface area (Å²) in [5.74, 6) is -0.372. The Balaban J connectivity index is 1.42. The van der Waals surface area contributed by atoms with Crippen molar-refractivity contribution in [2.45, 2.75) is 5.92 Å². The molecule has 7 heteroatoms. The average molecular weight is 399 g/mol. The first-order valence-electron chi connectivity index (χ1n) is 9.61. The number of nitrogens with zero attached hydrogens (tertiary/aromatic N) is 4. The maximum Gasteiger partial charge on any atom is 0.251 e. The van der Waals surface area contributed by atoms with Gasteiger partial charge in [0, 0.05) is 42.4 Å². The molecule has 0 spiro atoms. The standard InChI is InChI=1S/C23H18FN5O/c24-18-7-5-15(11-17(18)23(25)30)21-22(27-10-9-26-21)16-12-29(13-16)20-8-6-14-3-1-2-4-19(14)28-20/h1-11,16H,12-13H2,(H2,25,30). The zero-order valence-electron chi connectivity index (χ0n) is 16.0. The number of para-hydroxylation sites is 1. The summed E-state index contributed by atoms with van der Waals surface area (Å²) in [6.45, 7) is 1.50. The first-order valence-corrected chi connectivity index (χ1v) is 9.61. The summed E-state index contributed by atoms with van der Waals surface area (Å²) >= 11 is 0. The molecule has 0 saturated carbocycles. The van der Waals surface area contributed by atoms with Gasteiger partial charge >= 0.3 is 0 Å². The van der Waals surface area contributed by atoms with Crippen molar-refractivity contribution in [2.24, 2.45) is 5.73 Å². The Labute approximate surface area is 172 Å². The molecular weight excluding hydrogens is 381 g/mol. The summed E-state index contributed by atoms with van der Waals surface area (Å²) in [7, 11) is 0. The van der Waals surface area contributed by atoms with Crippen LogP contribution in [-0.4, -0.2) is 33.9 Å². The number of benzene rings is 2. The number of halogens is 1. The second-order valence-electron chi connectivity index (χ2n) is 7.31. The van der Waals surface area contributed by atoms with Gasteiger partial charge in [0.15, 0.2) is 0 Å². The molecule has 30 heavy (non-hydrogen) atoms. The van der Waals surface area contributed by atoms with Crippen molar-refractivity contribution in [1.82, 2.24) is 15.0 Å². The fraction of sp³-hybridized carbons (Fsp3) is 0.130. The number of anilines is 1. The lowest BCUT2D eigenvalue weighted by Gasteiger charge is -2.40. The summed E-state index contributed by atoms with van der Waals surface area (Å²) in [5.41, 5.74) is 8.17. The Morgan fingerprint density at radius 3 is 2.67 bits per heavy atom. The molecule has 0 atom stereocenters. The number of rotatable bonds is 4. The lowest BCUT2D eigenvalue weighted by molar-refractivity contribution is 0.0996. The molecule has 2 aromatic carbocycles. The smallest absolute Gasteiger partial charge is 0.251 e. The van der Waals surface area contributed by atoms with Crippen molar-refractivity contribution >= 4 is 22.6 Å². The van der Waals surface area contributed by atoms with Crippen molar-refractivity contribution < 1.29 is 9.18 Å². The lowest BCUT2D eigenvalue weighted by atomic mass is 9.92. The Kier molecular flexibility index (Phi) is 4.35. The summed E-state index contributed by atoms with van der Waals surface area (Å²) in [6, 6.07) is 16.4. The van der Waals surface area contributed by atoms with Crippen LogP contribution in [0.3, 0.4) is 0 Å². The second-order valence-corrected chi connectivity index (χ2v) is 7.31. The Bertz CT molecular complexity index is 1270. The first kappa shape index (κ1) is 18.2. The van der Waals surface area contributed by atoms with E-state index in [0.717, 1.165) is 35.5 Å². The van der Waals surface area contributed by atoms with Crippen molar-refractivity contribution in [2.75, 3.05) is 18.0 Å². The van der Waals surface area contributed by atoms with Crippen molar-refractivity contribution in [3.05, 3.63) is 84.1 Å². The van der Waals surface area contributed by atoms with Crippen LogP contribution < -0.4 is 10.6 Å². The number of fused-ring (bicyclic) bond motifs is 1. The van der Waals surface area contributed by atoms with Gasteiger partial charge in [-0.3, -0.25) is 14.8 Å². The number of hydrogen-bond donors (Lipinski definition) is 1. The number of carbonyl (C=O) groups excluding carboxylic acids is 1. The SMILES string of the molecule is NC(=O)c1cc(-c2nccnc2C2CN(c3ccc4ccccc4n3)C2)ccc1F. The number of carbonyl (C=O) groups is 1. The summed E-state index contributed by atoms with van der Waals surface area (Å²) in [6.07, 6.45) is 3.24. The van der Waals surface area contributed by atoms with Crippen LogP contribution in [0.15, 0.2) is 67.0 Å². The van der Waals surface area contributed by atoms with Crippen molar-refractivity contribution in [3.63, 3.8) is 0 Å². The van der Waals surface area contributed by atoms with E-state index in [0.29, 0.717) is 11.3 Å². The van der Waals surface area contributed by atoms with Gasteiger partial charge in [-0.25, -0.2) is 9.37 Å². The number of amides is 1. The van der Waals surface area contributed by atoms with E-state index in [1.807, 2.05) is 30.3 Å². The third kappa shape index (κ3) is 3.14. The number of nitrogens with two attached hydrogens (primary N) is 1. The Morgan fingerprint density at radius 1 is 1.03 bits per heavy atom. The van der Waals surface area contributed by atoms with E-state index >= 15 is 0 Å². The molecule has 148 valence electrons. The van der Waals surface area contributed by atoms with Crippen LogP contribution >= 0.6 is 0 Å². The monoisotopic (exact) mass is 399 g/mol. The van der Waals surface area contributed by atoms with Gasteiger partial charge in [0.1, 0.15) is 11.6 Å². The average Bonchev–Trinajstić information content (AvgIpc) is 2.73. The third-order valence-corrected chi connectivity index (χ3v) is 5.41. The predicted octanol–water partition coefficient (Wildman–Crippen LogP) is 3.53. The van der Waals surface area contributed by atoms with Gasteiger partial charge in [0.2, 0.25) is 0 Å². The highest BCUT2D eigenvalue weighted by molar-refractivity contribution is 5.94. The molecule has 1 saturated heterocycles. The fourth-order valence-electron chi connectivity index (χ4n) is 3.80. The molecule has 0 bridgehead atoms. The fourth-order valence-corrected chi connectivity index (χ4v) is 3.80. The predicted molar refractivity (Wildman–Crippen MR) is 113 cm³/mol. The van der Waals surface area contributed by atoms with E-state index in [-0.39, 0.29) is 11.5 Å². The molecule has 1 aliphatic heterocycles. The van der Waals surface area contributed by atoms with Gasteiger partial charge in [-0.1, -0.05) is 18.2 Å². The quantitative estimate of drug-likeness (QED) is 0.567. The van der Waals surface area contributed by atoms with Gasteiger partial charge in [0.25, 0.3) is 5.91 Å². The minimum atomic E-state index is -0.808. The van der Waals surface area contributed by atoms with E-state index < -0.39 is 11.7 Å². The molecule has 5 rings (SSSR count). The minimum absolute atomic E-state index is 0.153. The minimum Gasteiger partial charge on any atom is -0.366 e. The van der Waals surface area contributed by atoms with Crippen LogP contribution in [0.25, 0.3) is 22.2 Å². The van der Waals surface area contributed by atoms with Crippen LogP contribution in [0.5, 0.6) is 0 Å². The Hall–Kier alpha value is -3.87. The number of primary amides is 1. The van der Waals surface area contributed by atoms with Gasteiger partial charge in [-0.15, -0.1) is 0 Å². The normalized spacial score (nSPS) is 14.0. The number of hydrogen-bond acceptors (Lipinski definition) is 5. The van der Waals surface area contributed by atoms with Crippen molar-refractivity contribution in [3.8, 4) is 11.3 Å². The highest BCUT2D eigenvalue weighted by atomic mass is 19.1. The topological polar surface area (TPSA) is 85.0 Å². The lowest BCUT2D eigenvalue weighted by Crippen LogP contribution is -2.46. The third-order valence-electron chi connectivity index (χ3n) is 5.41. The van der Waals surface area contributed by atoms with Crippen LogP contribution in [0.4, 0.5) is 10.2 Å². The molecule has 3 heterocycles. The molecule has 0 unspecified atom stereocenters. The maximum atomic E-state index is 13.9. The van der Waals surface area contributed by atoms with E-state index in [9.17, 15) is 9.18 Å². The summed E-state index contributed by atoms with van der Waals surface area (Å²) in [4.78, 5) is 27.4. The second kappa shape index (κ2) is 7.18.